The zero-order valence-corrected chi connectivity index (χ0v) is 18.3. The number of rotatable bonds is 5. The highest BCUT2D eigenvalue weighted by molar-refractivity contribution is 14.0. The first kappa shape index (κ1) is 21.2. The summed E-state index contributed by atoms with van der Waals surface area (Å²) in [5.41, 5.74) is 0.803. The van der Waals surface area contributed by atoms with Gasteiger partial charge >= 0.3 is 0 Å². The SMILES string of the molecule is CN=C(NCc1nc(-c2cccc(Cl)c2)no1)NC(C)c1ccc(C)o1.I. The summed E-state index contributed by atoms with van der Waals surface area (Å²) in [7, 11) is 1.70. The molecule has 144 valence electrons. The lowest BCUT2D eigenvalue weighted by Gasteiger charge is -2.15. The number of aliphatic imine (C=N–C) groups is 1. The van der Waals surface area contributed by atoms with Gasteiger partial charge in [0.15, 0.2) is 5.96 Å². The van der Waals surface area contributed by atoms with Crippen molar-refractivity contribution < 1.29 is 8.94 Å². The molecule has 0 aliphatic rings. The molecule has 0 aliphatic carbocycles. The minimum Gasteiger partial charge on any atom is -0.464 e. The average Bonchev–Trinajstić information content (AvgIpc) is 3.27. The monoisotopic (exact) mass is 501 g/mol. The van der Waals surface area contributed by atoms with E-state index < -0.39 is 0 Å². The summed E-state index contributed by atoms with van der Waals surface area (Å²) >= 11 is 5.99. The Labute approximate surface area is 179 Å². The molecule has 2 heterocycles. The molecule has 0 bridgehead atoms. The fraction of sp³-hybridized carbons (Fsp3) is 0.278. The van der Waals surface area contributed by atoms with Crippen molar-refractivity contribution in [3.8, 4) is 11.4 Å². The van der Waals surface area contributed by atoms with Crippen molar-refractivity contribution in [2.45, 2.75) is 26.4 Å². The van der Waals surface area contributed by atoms with E-state index in [4.69, 9.17) is 20.5 Å². The second-order valence-electron chi connectivity index (χ2n) is 5.76. The maximum atomic E-state index is 5.99. The number of halogens is 2. The van der Waals surface area contributed by atoms with Crippen molar-refractivity contribution in [3.05, 3.63) is 58.8 Å². The van der Waals surface area contributed by atoms with E-state index >= 15 is 0 Å². The predicted molar refractivity (Wildman–Crippen MR) is 115 cm³/mol. The number of aromatic nitrogens is 2. The van der Waals surface area contributed by atoms with Crippen molar-refractivity contribution in [1.82, 2.24) is 20.8 Å². The normalized spacial score (nSPS) is 12.4. The second-order valence-corrected chi connectivity index (χ2v) is 6.20. The summed E-state index contributed by atoms with van der Waals surface area (Å²) in [5.74, 6) is 3.26. The first-order chi connectivity index (χ1) is 12.5. The zero-order chi connectivity index (χ0) is 18.5. The number of nitrogens with one attached hydrogen (secondary N) is 2. The highest BCUT2D eigenvalue weighted by Gasteiger charge is 2.13. The van der Waals surface area contributed by atoms with Crippen LogP contribution in [0.15, 0.2) is 50.3 Å². The van der Waals surface area contributed by atoms with Crippen LogP contribution in [0.2, 0.25) is 5.02 Å². The Balaban J connectivity index is 0.00000261. The summed E-state index contributed by atoms with van der Waals surface area (Å²) < 4.78 is 10.9. The molecular weight excluding hydrogens is 481 g/mol. The molecule has 0 aliphatic heterocycles. The van der Waals surface area contributed by atoms with Gasteiger partial charge in [-0.2, -0.15) is 4.98 Å². The van der Waals surface area contributed by atoms with Crippen LogP contribution in [0.1, 0.15) is 30.4 Å². The average molecular weight is 502 g/mol. The number of aryl methyl sites for hydroxylation is 1. The van der Waals surface area contributed by atoms with Gasteiger partial charge in [-0.15, -0.1) is 24.0 Å². The summed E-state index contributed by atoms with van der Waals surface area (Å²) in [5, 5.41) is 11.0. The molecule has 27 heavy (non-hydrogen) atoms. The Morgan fingerprint density at radius 3 is 2.78 bits per heavy atom. The summed E-state index contributed by atoms with van der Waals surface area (Å²) in [6.07, 6.45) is 0. The Kier molecular flexibility index (Phi) is 7.66. The quantitative estimate of drug-likeness (QED) is 0.307. The highest BCUT2D eigenvalue weighted by atomic mass is 127. The first-order valence-electron chi connectivity index (χ1n) is 8.17. The molecule has 2 aromatic heterocycles. The van der Waals surface area contributed by atoms with Crippen LogP contribution in [-0.4, -0.2) is 23.1 Å². The molecule has 0 saturated carbocycles. The van der Waals surface area contributed by atoms with Crippen LogP contribution in [0, 0.1) is 6.92 Å². The third-order valence-electron chi connectivity index (χ3n) is 3.72. The Morgan fingerprint density at radius 1 is 1.30 bits per heavy atom. The van der Waals surface area contributed by atoms with E-state index in [0.29, 0.717) is 29.2 Å². The van der Waals surface area contributed by atoms with Gasteiger partial charge < -0.3 is 19.6 Å². The number of benzene rings is 1. The topological polar surface area (TPSA) is 88.5 Å². The van der Waals surface area contributed by atoms with Gasteiger partial charge in [0.25, 0.3) is 0 Å². The number of hydrogen-bond acceptors (Lipinski definition) is 5. The van der Waals surface area contributed by atoms with Gasteiger partial charge in [-0.05, 0) is 38.1 Å². The lowest BCUT2D eigenvalue weighted by molar-refractivity contribution is 0.374. The number of hydrogen-bond donors (Lipinski definition) is 2. The number of guanidine groups is 1. The smallest absolute Gasteiger partial charge is 0.246 e. The second kappa shape index (κ2) is 9.75. The van der Waals surface area contributed by atoms with E-state index in [0.717, 1.165) is 17.1 Å². The predicted octanol–water partition coefficient (Wildman–Crippen LogP) is 4.34. The molecule has 0 radical (unpaired) electrons. The van der Waals surface area contributed by atoms with E-state index in [1.807, 2.05) is 38.1 Å². The van der Waals surface area contributed by atoms with Gasteiger partial charge in [-0.1, -0.05) is 28.9 Å². The lowest BCUT2D eigenvalue weighted by atomic mass is 10.2. The molecule has 7 nitrogen and oxygen atoms in total. The minimum atomic E-state index is -0.0281. The number of furan rings is 1. The van der Waals surface area contributed by atoms with Crippen LogP contribution in [0.5, 0.6) is 0 Å². The number of nitrogens with zero attached hydrogens (tertiary/aromatic N) is 3. The van der Waals surface area contributed by atoms with Gasteiger partial charge in [0.2, 0.25) is 11.7 Å². The van der Waals surface area contributed by atoms with Crippen molar-refractivity contribution in [1.29, 1.82) is 0 Å². The summed E-state index contributed by atoms with van der Waals surface area (Å²) in [6, 6.07) is 11.1. The standard InChI is InChI=1S/C18H20ClN5O2.HI/c1-11-7-8-15(25-11)12(2)22-18(20-3)21-10-16-23-17(24-26-16)13-5-4-6-14(19)9-13;/h4-9,12H,10H2,1-3H3,(H2,20,21,22);1H. The van der Waals surface area contributed by atoms with Crippen LogP contribution in [0.3, 0.4) is 0 Å². The van der Waals surface area contributed by atoms with Crippen LogP contribution in [0.4, 0.5) is 0 Å². The van der Waals surface area contributed by atoms with Crippen LogP contribution in [-0.2, 0) is 6.54 Å². The van der Waals surface area contributed by atoms with Gasteiger partial charge in [-0.3, -0.25) is 4.99 Å². The zero-order valence-electron chi connectivity index (χ0n) is 15.2. The van der Waals surface area contributed by atoms with Gasteiger partial charge in [0.05, 0.1) is 12.6 Å². The molecule has 0 fully saturated rings. The largest absolute Gasteiger partial charge is 0.464 e. The molecule has 3 rings (SSSR count). The summed E-state index contributed by atoms with van der Waals surface area (Å²) in [6.45, 7) is 4.25. The molecular formula is C18H21ClIN5O2. The maximum Gasteiger partial charge on any atom is 0.246 e. The lowest BCUT2D eigenvalue weighted by Crippen LogP contribution is -2.38. The molecule has 1 unspecified atom stereocenters. The molecule has 3 aromatic rings. The third-order valence-corrected chi connectivity index (χ3v) is 3.96. The Hall–Kier alpha value is -2.07. The van der Waals surface area contributed by atoms with Gasteiger partial charge in [0, 0.05) is 17.6 Å². The molecule has 1 aromatic carbocycles. The molecule has 0 spiro atoms. The fourth-order valence-corrected chi connectivity index (χ4v) is 2.58. The van der Waals surface area contributed by atoms with Crippen molar-refractivity contribution >= 4 is 41.5 Å². The van der Waals surface area contributed by atoms with E-state index in [-0.39, 0.29) is 30.0 Å². The molecule has 1 atom stereocenters. The molecule has 0 amide bonds. The van der Waals surface area contributed by atoms with Gasteiger partial charge in [0.1, 0.15) is 11.5 Å². The van der Waals surface area contributed by atoms with Crippen LogP contribution < -0.4 is 10.6 Å². The van der Waals surface area contributed by atoms with E-state index in [2.05, 4.69) is 25.8 Å². The molecule has 2 N–H and O–H groups in total. The van der Waals surface area contributed by atoms with E-state index in [9.17, 15) is 0 Å². The van der Waals surface area contributed by atoms with E-state index in [1.165, 1.54) is 0 Å². The van der Waals surface area contributed by atoms with Crippen LogP contribution >= 0.6 is 35.6 Å². The van der Waals surface area contributed by atoms with Crippen LogP contribution in [0.25, 0.3) is 11.4 Å². The first-order valence-corrected chi connectivity index (χ1v) is 8.55. The fourth-order valence-electron chi connectivity index (χ4n) is 2.39. The van der Waals surface area contributed by atoms with Crippen molar-refractivity contribution in [2.24, 2.45) is 4.99 Å². The summed E-state index contributed by atoms with van der Waals surface area (Å²) in [4.78, 5) is 8.57. The van der Waals surface area contributed by atoms with Crippen molar-refractivity contribution in [2.75, 3.05) is 7.05 Å². The highest BCUT2D eigenvalue weighted by Crippen LogP contribution is 2.20. The van der Waals surface area contributed by atoms with Crippen molar-refractivity contribution in [3.63, 3.8) is 0 Å². The Morgan fingerprint density at radius 2 is 2.11 bits per heavy atom. The van der Waals surface area contributed by atoms with Gasteiger partial charge in [-0.25, -0.2) is 0 Å². The Bertz CT molecular complexity index is 909. The maximum absolute atomic E-state index is 5.99. The molecule has 0 saturated heterocycles. The molecule has 9 heteroatoms. The third kappa shape index (κ3) is 5.70. The van der Waals surface area contributed by atoms with E-state index in [1.54, 1.807) is 19.2 Å². The minimum absolute atomic E-state index is 0.